The first-order valence-corrected chi connectivity index (χ1v) is 7.18. The zero-order valence-electron chi connectivity index (χ0n) is 11.1. The predicted molar refractivity (Wildman–Crippen MR) is 79.7 cm³/mol. The fourth-order valence-corrected chi connectivity index (χ4v) is 2.28. The lowest BCUT2D eigenvalue weighted by Crippen LogP contribution is -2.26. The van der Waals surface area contributed by atoms with E-state index in [1.165, 1.54) is 0 Å². The summed E-state index contributed by atoms with van der Waals surface area (Å²) in [6.45, 7) is 3.21. The van der Waals surface area contributed by atoms with Crippen molar-refractivity contribution in [2.24, 2.45) is 0 Å². The number of amides is 1. The lowest BCUT2D eigenvalue weighted by atomic mass is 10.1. The van der Waals surface area contributed by atoms with Crippen molar-refractivity contribution in [1.82, 2.24) is 15.1 Å². The summed E-state index contributed by atoms with van der Waals surface area (Å²) >= 11 is 3.33. The van der Waals surface area contributed by atoms with Gasteiger partial charge in [0.05, 0.1) is 4.47 Å². The first-order chi connectivity index (χ1) is 9.60. The van der Waals surface area contributed by atoms with Gasteiger partial charge in [0.1, 0.15) is 5.75 Å². The van der Waals surface area contributed by atoms with Crippen LogP contribution in [0.3, 0.4) is 0 Å². The molecule has 0 aliphatic carbocycles. The molecule has 1 heterocycles. The summed E-state index contributed by atoms with van der Waals surface area (Å²) in [6, 6.07) is 6.94. The monoisotopic (exact) mass is 337 g/mol. The minimum atomic E-state index is -0.192. The molecule has 0 unspecified atom stereocenters. The van der Waals surface area contributed by atoms with E-state index in [-0.39, 0.29) is 11.7 Å². The molecule has 0 fully saturated rings. The lowest BCUT2D eigenvalue weighted by molar-refractivity contribution is 0.0947. The molecule has 5 nitrogen and oxygen atoms in total. The van der Waals surface area contributed by atoms with E-state index < -0.39 is 0 Å². The maximum Gasteiger partial charge on any atom is 0.272 e. The summed E-state index contributed by atoms with van der Waals surface area (Å²) in [5.41, 5.74) is 1.46. The summed E-state index contributed by atoms with van der Waals surface area (Å²) < 4.78 is 2.40. The second-order valence-electron chi connectivity index (χ2n) is 4.35. The smallest absolute Gasteiger partial charge is 0.272 e. The van der Waals surface area contributed by atoms with Crippen LogP contribution in [-0.2, 0) is 13.0 Å². The SMILES string of the molecule is CCn1cc(Br)c(C(=O)NCCc2ccc(O)cc2)n1. The van der Waals surface area contributed by atoms with Gasteiger partial charge in [-0.25, -0.2) is 0 Å². The number of nitrogens with zero attached hydrogens (tertiary/aromatic N) is 2. The Hall–Kier alpha value is -1.82. The number of rotatable bonds is 5. The first kappa shape index (κ1) is 14.6. The van der Waals surface area contributed by atoms with Crippen LogP contribution in [0.2, 0.25) is 0 Å². The molecule has 0 radical (unpaired) electrons. The zero-order chi connectivity index (χ0) is 14.5. The summed E-state index contributed by atoms with van der Waals surface area (Å²) in [4.78, 5) is 12.0. The van der Waals surface area contributed by atoms with Crippen molar-refractivity contribution in [3.8, 4) is 5.75 Å². The number of phenolic OH excluding ortho intramolecular Hbond substituents is 1. The number of phenols is 1. The predicted octanol–water partition coefficient (Wildman–Crippen LogP) is 2.34. The maximum atomic E-state index is 12.0. The molecule has 0 aliphatic rings. The molecule has 0 saturated carbocycles. The third kappa shape index (κ3) is 3.60. The van der Waals surface area contributed by atoms with E-state index in [9.17, 15) is 9.90 Å². The minimum absolute atomic E-state index is 0.192. The van der Waals surface area contributed by atoms with Gasteiger partial charge in [0.2, 0.25) is 0 Å². The van der Waals surface area contributed by atoms with Crippen molar-refractivity contribution in [3.05, 3.63) is 46.2 Å². The van der Waals surface area contributed by atoms with E-state index >= 15 is 0 Å². The molecule has 2 rings (SSSR count). The van der Waals surface area contributed by atoms with Gasteiger partial charge in [-0.2, -0.15) is 5.10 Å². The summed E-state index contributed by atoms with van der Waals surface area (Å²) in [7, 11) is 0. The number of nitrogens with one attached hydrogen (secondary N) is 1. The summed E-state index contributed by atoms with van der Waals surface area (Å²) in [6.07, 6.45) is 2.49. The van der Waals surface area contributed by atoms with Gasteiger partial charge in [-0.05, 0) is 47.0 Å². The second kappa shape index (κ2) is 6.56. The summed E-state index contributed by atoms with van der Waals surface area (Å²) in [5, 5.41) is 16.2. The standard InChI is InChI=1S/C14H16BrN3O2/c1-2-18-9-12(15)13(17-18)14(20)16-8-7-10-3-5-11(19)6-4-10/h3-6,9,19H,2,7-8H2,1H3,(H,16,20). The van der Waals surface area contributed by atoms with E-state index in [0.29, 0.717) is 23.1 Å². The molecule has 2 aromatic rings. The van der Waals surface area contributed by atoms with E-state index in [1.54, 1.807) is 23.0 Å². The minimum Gasteiger partial charge on any atom is -0.508 e. The molecule has 1 amide bonds. The van der Waals surface area contributed by atoms with Crippen LogP contribution in [-0.4, -0.2) is 27.3 Å². The quantitative estimate of drug-likeness (QED) is 0.879. The lowest BCUT2D eigenvalue weighted by Gasteiger charge is -2.04. The molecular formula is C14H16BrN3O2. The highest BCUT2D eigenvalue weighted by atomic mass is 79.9. The highest BCUT2D eigenvalue weighted by molar-refractivity contribution is 9.10. The van der Waals surface area contributed by atoms with Gasteiger partial charge in [0, 0.05) is 19.3 Å². The second-order valence-corrected chi connectivity index (χ2v) is 5.21. The molecule has 0 bridgehead atoms. The largest absolute Gasteiger partial charge is 0.508 e. The number of hydrogen-bond donors (Lipinski definition) is 2. The van der Waals surface area contributed by atoms with Crippen LogP contribution in [0.25, 0.3) is 0 Å². The maximum absolute atomic E-state index is 12.0. The molecule has 106 valence electrons. The van der Waals surface area contributed by atoms with Gasteiger partial charge >= 0.3 is 0 Å². The topological polar surface area (TPSA) is 67.2 Å². The highest BCUT2D eigenvalue weighted by Gasteiger charge is 2.14. The number of carbonyl (C=O) groups excluding carboxylic acids is 1. The first-order valence-electron chi connectivity index (χ1n) is 6.39. The Bertz CT molecular complexity index is 593. The molecule has 6 heteroatoms. The molecule has 1 aromatic carbocycles. The summed E-state index contributed by atoms with van der Waals surface area (Å²) in [5.74, 6) is 0.0506. The van der Waals surface area contributed by atoms with Crippen molar-refractivity contribution >= 4 is 21.8 Å². The Balaban J connectivity index is 1.88. The molecule has 20 heavy (non-hydrogen) atoms. The number of halogens is 1. The van der Waals surface area contributed by atoms with Crippen molar-refractivity contribution in [3.63, 3.8) is 0 Å². The molecular weight excluding hydrogens is 322 g/mol. The molecule has 0 aliphatic heterocycles. The number of benzene rings is 1. The van der Waals surface area contributed by atoms with E-state index in [0.717, 1.165) is 12.1 Å². The highest BCUT2D eigenvalue weighted by Crippen LogP contribution is 2.14. The van der Waals surface area contributed by atoms with Crippen LogP contribution in [0.5, 0.6) is 5.75 Å². The van der Waals surface area contributed by atoms with Crippen LogP contribution in [0.15, 0.2) is 34.9 Å². The van der Waals surface area contributed by atoms with Gasteiger partial charge in [-0.3, -0.25) is 9.48 Å². The van der Waals surface area contributed by atoms with E-state index in [2.05, 4.69) is 26.3 Å². The molecule has 0 spiro atoms. The van der Waals surface area contributed by atoms with Gasteiger partial charge in [0.25, 0.3) is 5.91 Å². The zero-order valence-corrected chi connectivity index (χ0v) is 12.7. The third-order valence-corrected chi connectivity index (χ3v) is 3.47. The van der Waals surface area contributed by atoms with Crippen LogP contribution in [0.4, 0.5) is 0 Å². The Kier molecular flexibility index (Phi) is 4.79. The van der Waals surface area contributed by atoms with Crippen molar-refractivity contribution in [2.45, 2.75) is 19.9 Å². The Morgan fingerprint density at radius 1 is 1.40 bits per heavy atom. The molecule has 2 N–H and O–H groups in total. The number of aryl methyl sites for hydroxylation is 1. The Morgan fingerprint density at radius 3 is 2.70 bits per heavy atom. The number of hydrogen-bond acceptors (Lipinski definition) is 3. The van der Waals surface area contributed by atoms with Gasteiger partial charge in [-0.15, -0.1) is 0 Å². The number of aromatic nitrogens is 2. The normalized spacial score (nSPS) is 10.5. The van der Waals surface area contributed by atoms with Gasteiger partial charge < -0.3 is 10.4 Å². The molecule has 0 saturated heterocycles. The third-order valence-electron chi connectivity index (χ3n) is 2.89. The number of aromatic hydroxyl groups is 1. The van der Waals surface area contributed by atoms with Crippen LogP contribution in [0.1, 0.15) is 23.0 Å². The van der Waals surface area contributed by atoms with Crippen LogP contribution in [0, 0.1) is 0 Å². The van der Waals surface area contributed by atoms with Crippen molar-refractivity contribution in [1.29, 1.82) is 0 Å². The van der Waals surface area contributed by atoms with Gasteiger partial charge in [-0.1, -0.05) is 12.1 Å². The van der Waals surface area contributed by atoms with Crippen molar-refractivity contribution in [2.75, 3.05) is 6.54 Å². The fraction of sp³-hybridized carbons (Fsp3) is 0.286. The fourth-order valence-electron chi connectivity index (χ4n) is 1.78. The number of carbonyl (C=O) groups is 1. The van der Waals surface area contributed by atoms with E-state index in [4.69, 9.17) is 0 Å². The average Bonchev–Trinajstić information content (AvgIpc) is 2.82. The average molecular weight is 338 g/mol. The van der Waals surface area contributed by atoms with Crippen LogP contribution >= 0.6 is 15.9 Å². The van der Waals surface area contributed by atoms with E-state index in [1.807, 2.05) is 19.1 Å². The van der Waals surface area contributed by atoms with Crippen LogP contribution < -0.4 is 5.32 Å². The van der Waals surface area contributed by atoms with Gasteiger partial charge in [0.15, 0.2) is 5.69 Å². The molecule has 0 atom stereocenters. The molecule has 1 aromatic heterocycles. The Morgan fingerprint density at radius 2 is 2.10 bits per heavy atom. The Labute approximate surface area is 125 Å². The van der Waals surface area contributed by atoms with Crippen molar-refractivity contribution < 1.29 is 9.90 Å².